The Labute approximate surface area is 179 Å². The van der Waals surface area contributed by atoms with Crippen molar-refractivity contribution in [3.63, 3.8) is 0 Å². The number of aliphatic carboxylic acids is 1. The molecule has 0 saturated carbocycles. The van der Waals surface area contributed by atoms with Crippen molar-refractivity contribution >= 4 is 29.0 Å². The monoisotopic (exact) mass is 417 g/mol. The zero-order chi connectivity index (χ0) is 22.4. The Morgan fingerprint density at radius 2 is 1.48 bits per heavy atom. The first kappa shape index (κ1) is 21.6. The van der Waals surface area contributed by atoms with Crippen LogP contribution >= 0.6 is 0 Å². The SMILES string of the molecule is Nc1c(CCC(=O)O)cc(C(=O)NCc2ccccc2)c(N)c1C(=O)c1ccccc1. The molecule has 3 rings (SSSR count). The highest BCUT2D eigenvalue weighted by atomic mass is 16.4. The van der Waals surface area contributed by atoms with Gasteiger partial charge < -0.3 is 21.9 Å². The molecule has 0 aromatic heterocycles. The van der Waals surface area contributed by atoms with Crippen molar-refractivity contribution in [3.05, 3.63) is 94.5 Å². The molecule has 0 spiro atoms. The fourth-order valence-corrected chi connectivity index (χ4v) is 3.26. The molecule has 158 valence electrons. The first-order chi connectivity index (χ1) is 14.9. The fraction of sp³-hybridized carbons (Fsp3) is 0.125. The number of carbonyl (C=O) groups is 3. The number of carboxylic acids is 1. The highest BCUT2D eigenvalue weighted by Gasteiger charge is 2.24. The molecule has 0 aliphatic carbocycles. The van der Waals surface area contributed by atoms with E-state index in [1.807, 2.05) is 30.3 Å². The Bertz CT molecular complexity index is 1110. The average molecular weight is 417 g/mol. The smallest absolute Gasteiger partial charge is 0.303 e. The number of benzene rings is 3. The molecule has 0 fully saturated rings. The average Bonchev–Trinajstić information content (AvgIpc) is 2.78. The first-order valence-corrected chi connectivity index (χ1v) is 9.73. The second-order valence-electron chi connectivity index (χ2n) is 7.04. The predicted octanol–water partition coefficient (Wildman–Crippen LogP) is 3.03. The van der Waals surface area contributed by atoms with Crippen LogP contribution in [0.5, 0.6) is 0 Å². The maximum atomic E-state index is 13.1. The minimum Gasteiger partial charge on any atom is -0.481 e. The van der Waals surface area contributed by atoms with Crippen LogP contribution < -0.4 is 16.8 Å². The van der Waals surface area contributed by atoms with E-state index < -0.39 is 17.7 Å². The number of anilines is 2. The maximum absolute atomic E-state index is 13.1. The summed E-state index contributed by atoms with van der Waals surface area (Å²) in [7, 11) is 0. The van der Waals surface area contributed by atoms with Crippen LogP contribution in [-0.4, -0.2) is 22.8 Å². The summed E-state index contributed by atoms with van der Waals surface area (Å²) in [6.07, 6.45) is -0.131. The Morgan fingerprint density at radius 3 is 2.10 bits per heavy atom. The Kier molecular flexibility index (Phi) is 6.67. The minimum absolute atomic E-state index is 0.0129. The van der Waals surface area contributed by atoms with E-state index in [9.17, 15) is 14.4 Å². The van der Waals surface area contributed by atoms with Gasteiger partial charge in [-0.15, -0.1) is 0 Å². The zero-order valence-corrected chi connectivity index (χ0v) is 16.8. The highest BCUT2D eigenvalue weighted by Crippen LogP contribution is 2.31. The van der Waals surface area contributed by atoms with E-state index >= 15 is 0 Å². The quantitative estimate of drug-likeness (QED) is 0.329. The molecule has 6 N–H and O–H groups in total. The van der Waals surface area contributed by atoms with E-state index in [1.54, 1.807) is 30.3 Å². The standard InChI is InChI=1S/C24H23N3O4/c25-21-17(11-12-19(28)29)13-18(24(31)27-14-15-7-3-1-4-8-15)22(26)20(21)23(30)16-9-5-2-6-10-16/h1-10,13H,11-12,14,25-26H2,(H,27,31)(H,28,29). The van der Waals surface area contributed by atoms with Crippen molar-refractivity contribution < 1.29 is 19.5 Å². The molecule has 0 radical (unpaired) electrons. The summed E-state index contributed by atoms with van der Waals surface area (Å²) >= 11 is 0. The highest BCUT2D eigenvalue weighted by molar-refractivity contribution is 6.18. The van der Waals surface area contributed by atoms with Gasteiger partial charge in [-0.25, -0.2) is 0 Å². The molecule has 7 heteroatoms. The number of carboxylic acid groups (broad SMARTS) is 1. The van der Waals surface area contributed by atoms with Crippen molar-refractivity contribution in [3.8, 4) is 0 Å². The molecule has 31 heavy (non-hydrogen) atoms. The molecule has 0 aliphatic heterocycles. The summed E-state index contributed by atoms with van der Waals surface area (Å²) in [5.74, 6) is -1.91. The van der Waals surface area contributed by atoms with Crippen molar-refractivity contribution in [2.75, 3.05) is 11.5 Å². The summed E-state index contributed by atoms with van der Waals surface area (Å²) in [5.41, 5.74) is 14.3. The van der Waals surface area contributed by atoms with Crippen LogP contribution in [0.3, 0.4) is 0 Å². The number of carbonyl (C=O) groups excluding carboxylic acids is 2. The number of rotatable bonds is 8. The summed E-state index contributed by atoms with van der Waals surface area (Å²) in [5, 5.41) is 11.8. The number of aryl methyl sites for hydroxylation is 1. The van der Waals surface area contributed by atoms with E-state index in [2.05, 4.69) is 5.32 Å². The molecular weight excluding hydrogens is 394 g/mol. The molecule has 0 aliphatic rings. The van der Waals surface area contributed by atoms with Gasteiger partial charge in [0.1, 0.15) is 0 Å². The second-order valence-corrected chi connectivity index (χ2v) is 7.04. The molecule has 0 bridgehead atoms. The van der Waals surface area contributed by atoms with Gasteiger partial charge in [0.05, 0.1) is 16.8 Å². The third-order valence-corrected chi connectivity index (χ3v) is 4.91. The van der Waals surface area contributed by atoms with Crippen LogP contribution in [0.4, 0.5) is 11.4 Å². The Morgan fingerprint density at radius 1 is 0.871 bits per heavy atom. The van der Waals surface area contributed by atoms with Gasteiger partial charge in [0.25, 0.3) is 5.91 Å². The Balaban J connectivity index is 2.01. The van der Waals surface area contributed by atoms with Crippen LogP contribution in [0.15, 0.2) is 66.7 Å². The van der Waals surface area contributed by atoms with E-state index in [0.717, 1.165) is 5.56 Å². The summed E-state index contributed by atoms with van der Waals surface area (Å²) in [6, 6.07) is 19.2. The predicted molar refractivity (Wildman–Crippen MR) is 119 cm³/mol. The number of nitrogens with one attached hydrogen (secondary N) is 1. The topological polar surface area (TPSA) is 136 Å². The van der Waals surface area contributed by atoms with Gasteiger partial charge in [-0.2, -0.15) is 0 Å². The van der Waals surface area contributed by atoms with Crippen molar-refractivity contribution in [1.29, 1.82) is 0 Å². The largest absolute Gasteiger partial charge is 0.481 e. The molecule has 0 unspecified atom stereocenters. The first-order valence-electron chi connectivity index (χ1n) is 9.73. The van der Waals surface area contributed by atoms with Crippen LogP contribution in [0.25, 0.3) is 0 Å². The van der Waals surface area contributed by atoms with E-state index in [-0.39, 0.29) is 41.9 Å². The molecule has 3 aromatic carbocycles. The number of hydrogen-bond acceptors (Lipinski definition) is 5. The van der Waals surface area contributed by atoms with Gasteiger partial charge in [-0.3, -0.25) is 14.4 Å². The lowest BCUT2D eigenvalue weighted by atomic mass is 9.92. The van der Waals surface area contributed by atoms with Crippen LogP contribution in [-0.2, 0) is 17.8 Å². The third kappa shape index (κ3) is 5.08. The number of ketones is 1. The van der Waals surface area contributed by atoms with E-state index in [4.69, 9.17) is 16.6 Å². The lowest BCUT2D eigenvalue weighted by Crippen LogP contribution is -2.25. The molecule has 7 nitrogen and oxygen atoms in total. The molecular formula is C24H23N3O4. The Hall–Kier alpha value is -4.13. The zero-order valence-electron chi connectivity index (χ0n) is 16.8. The molecule has 1 amide bonds. The van der Waals surface area contributed by atoms with Gasteiger partial charge >= 0.3 is 5.97 Å². The van der Waals surface area contributed by atoms with Crippen LogP contribution in [0.1, 0.15) is 43.8 Å². The molecule has 0 atom stereocenters. The molecule has 0 heterocycles. The van der Waals surface area contributed by atoms with Crippen LogP contribution in [0, 0.1) is 0 Å². The normalized spacial score (nSPS) is 10.5. The van der Waals surface area contributed by atoms with E-state index in [0.29, 0.717) is 11.1 Å². The van der Waals surface area contributed by atoms with Gasteiger partial charge in [0.2, 0.25) is 0 Å². The van der Waals surface area contributed by atoms with Gasteiger partial charge in [0.15, 0.2) is 5.78 Å². The van der Waals surface area contributed by atoms with Crippen LogP contribution in [0.2, 0.25) is 0 Å². The van der Waals surface area contributed by atoms with E-state index in [1.165, 1.54) is 6.07 Å². The van der Waals surface area contributed by atoms with Crippen molar-refractivity contribution in [2.45, 2.75) is 19.4 Å². The number of nitrogen functional groups attached to an aromatic ring is 2. The summed E-state index contributed by atoms with van der Waals surface area (Å²) in [6.45, 7) is 0.274. The van der Waals surface area contributed by atoms with Crippen molar-refractivity contribution in [1.82, 2.24) is 5.32 Å². The third-order valence-electron chi connectivity index (χ3n) is 4.91. The second kappa shape index (κ2) is 9.58. The van der Waals surface area contributed by atoms with Crippen molar-refractivity contribution in [2.24, 2.45) is 0 Å². The molecule has 3 aromatic rings. The summed E-state index contributed by atoms with van der Waals surface area (Å²) in [4.78, 5) is 37.1. The van der Waals surface area contributed by atoms with Gasteiger partial charge in [-0.1, -0.05) is 60.7 Å². The molecule has 0 saturated heterocycles. The number of hydrogen-bond donors (Lipinski definition) is 4. The number of nitrogens with two attached hydrogens (primary N) is 2. The maximum Gasteiger partial charge on any atom is 0.303 e. The lowest BCUT2D eigenvalue weighted by molar-refractivity contribution is -0.136. The minimum atomic E-state index is -1.01. The van der Waals surface area contributed by atoms with Gasteiger partial charge in [-0.05, 0) is 23.6 Å². The fourth-order valence-electron chi connectivity index (χ4n) is 3.26. The lowest BCUT2D eigenvalue weighted by Gasteiger charge is -2.17. The number of amides is 1. The van der Waals surface area contributed by atoms with Gasteiger partial charge in [0, 0.05) is 24.2 Å². The summed E-state index contributed by atoms with van der Waals surface area (Å²) < 4.78 is 0.